The summed E-state index contributed by atoms with van der Waals surface area (Å²) in [5.41, 5.74) is 2.81. The summed E-state index contributed by atoms with van der Waals surface area (Å²) in [7, 11) is 1.68. The van der Waals surface area contributed by atoms with Crippen molar-refractivity contribution in [3.05, 3.63) is 65.5 Å². The predicted molar refractivity (Wildman–Crippen MR) is 123 cm³/mol. The topological polar surface area (TPSA) is 75.8 Å². The first kappa shape index (κ1) is 21.3. The van der Waals surface area contributed by atoms with E-state index >= 15 is 0 Å². The SMILES string of the molecule is COc1cccc(NCc2nnc(SCc3cccc(C#N)c3)n2C2CCCCC2)c1. The predicted octanol–water partition coefficient (Wildman–Crippen LogP) is 5.57. The van der Waals surface area contributed by atoms with E-state index in [-0.39, 0.29) is 0 Å². The number of aromatic nitrogens is 3. The lowest BCUT2D eigenvalue weighted by Crippen LogP contribution is -2.18. The number of nitrogens with one attached hydrogen (secondary N) is 1. The van der Waals surface area contributed by atoms with Crippen LogP contribution >= 0.6 is 11.8 Å². The molecular formula is C24H27N5OS. The third-order valence-electron chi connectivity index (χ3n) is 5.62. The number of anilines is 1. The van der Waals surface area contributed by atoms with Crippen LogP contribution in [-0.4, -0.2) is 21.9 Å². The molecule has 0 spiro atoms. The molecule has 1 N–H and O–H groups in total. The largest absolute Gasteiger partial charge is 0.497 e. The smallest absolute Gasteiger partial charge is 0.191 e. The van der Waals surface area contributed by atoms with E-state index in [1.807, 2.05) is 42.5 Å². The van der Waals surface area contributed by atoms with Crippen LogP contribution in [0.5, 0.6) is 5.75 Å². The molecule has 0 amide bonds. The van der Waals surface area contributed by atoms with Crippen molar-refractivity contribution in [2.45, 2.75) is 55.6 Å². The third-order valence-corrected chi connectivity index (χ3v) is 6.63. The molecule has 3 aromatic rings. The number of benzene rings is 2. The Morgan fingerprint density at radius 3 is 2.77 bits per heavy atom. The molecule has 2 aromatic carbocycles. The van der Waals surface area contributed by atoms with Crippen molar-refractivity contribution in [3.8, 4) is 11.8 Å². The standard InChI is InChI=1S/C24H27N5OS/c1-30-22-12-6-9-20(14-22)26-16-23-27-28-24(29(23)21-10-3-2-4-11-21)31-17-19-8-5-7-18(13-19)15-25/h5-9,12-14,21,26H,2-4,10-11,16-17H2,1H3. The number of hydrogen-bond acceptors (Lipinski definition) is 6. The summed E-state index contributed by atoms with van der Waals surface area (Å²) >= 11 is 1.69. The summed E-state index contributed by atoms with van der Waals surface area (Å²) in [5, 5.41) is 22.7. The zero-order valence-corrected chi connectivity index (χ0v) is 18.6. The van der Waals surface area contributed by atoms with E-state index in [9.17, 15) is 0 Å². The summed E-state index contributed by atoms with van der Waals surface area (Å²) in [6, 6.07) is 18.4. The van der Waals surface area contributed by atoms with Gasteiger partial charge in [-0.15, -0.1) is 10.2 Å². The molecule has 0 saturated heterocycles. The van der Waals surface area contributed by atoms with E-state index in [1.54, 1.807) is 18.9 Å². The monoisotopic (exact) mass is 433 g/mol. The molecule has 1 aliphatic carbocycles. The Morgan fingerprint density at radius 2 is 1.97 bits per heavy atom. The molecular weight excluding hydrogens is 406 g/mol. The van der Waals surface area contributed by atoms with Gasteiger partial charge >= 0.3 is 0 Å². The Morgan fingerprint density at radius 1 is 1.13 bits per heavy atom. The average Bonchev–Trinajstić information content (AvgIpc) is 3.25. The minimum Gasteiger partial charge on any atom is -0.497 e. The fraction of sp³-hybridized carbons (Fsp3) is 0.375. The molecule has 0 radical (unpaired) electrons. The average molecular weight is 434 g/mol. The van der Waals surface area contributed by atoms with E-state index in [0.717, 1.165) is 33.7 Å². The maximum Gasteiger partial charge on any atom is 0.191 e. The molecule has 7 heteroatoms. The summed E-state index contributed by atoms with van der Waals surface area (Å²) in [6.07, 6.45) is 6.14. The van der Waals surface area contributed by atoms with Crippen LogP contribution < -0.4 is 10.1 Å². The van der Waals surface area contributed by atoms with E-state index < -0.39 is 0 Å². The van der Waals surface area contributed by atoms with Gasteiger partial charge in [-0.25, -0.2) is 0 Å². The van der Waals surface area contributed by atoms with Crippen molar-refractivity contribution in [2.24, 2.45) is 0 Å². The van der Waals surface area contributed by atoms with Gasteiger partial charge < -0.3 is 14.6 Å². The van der Waals surface area contributed by atoms with Crippen molar-refractivity contribution in [1.82, 2.24) is 14.8 Å². The Hall–Kier alpha value is -2.98. The Labute approximate surface area is 187 Å². The molecule has 31 heavy (non-hydrogen) atoms. The molecule has 1 saturated carbocycles. The maximum atomic E-state index is 9.15. The molecule has 6 nitrogen and oxygen atoms in total. The molecule has 0 bridgehead atoms. The summed E-state index contributed by atoms with van der Waals surface area (Å²) in [4.78, 5) is 0. The van der Waals surface area contributed by atoms with E-state index in [2.05, 4.69) is 32.2 Å². The minimum absolute atomic E-state index is 0.443. The molecule has 0 aliphatic heterocycles. The quantitative estimate of drug-likeness (QED) is 0.468. The lowest BCUT2D eigenvalue weighted by atomic mass is 9.95. The van der Waals surface area contributed by atoms with Crippen LogP contribution in [0.25, 0.3) is 0 Å². The number of methoxy groups -OCH3 is 1. The van der Waals surface area contributed by atoms with Crippen LogP contribution in [0.15, 0.2) is 53.7 Å². The zero-order valence-electron chi connectivity index (χ0n) is 17.8. The second-order valence-corrected chi connectivity index (χ2v) is 8.69. The summed E-state index contributed by atoms with van der Waals surface area (Å²) in [5.74, 6) is 2.56. The molecule has 1 fully saturated rings. The van der Waals surface area contributed by atoms with E-state index in [1.165, 1.54) is 32.1 Å². The lowest BCUT2D eigenvalue weighted by molar-refractivity contribution is 0.330. The first-order valence-electron chi connectivity index (χ1n) is 10.7. The highest BCUT2D eigenvalue weighted by Gasteiger charge is 2.23. The number of nitriles is 1. The molecule has 1 aliphatic rings. The maximum absolute atomic E-state index is 9.15. The highest BCUT2D eigenvalue weighted by Crippen LogP contribution is 2.34. The van der Waals surface area contributed by atoms with Gasteiger partial charge in [-0.1, -0.05) is 49.2 Å². The van der Waals surface area contributed by atoms with Crippen LogP contribution in [0.3, 0.4) is 0 Å². The van der Waals surface area contributed by atoms with Gasteiger partial charge in [0.05, 0.1) is 25.3 Å². The Balaban J connectivity index is 1.52. The van der Waals surface area contributed by atoms with E-state index in [0.29, 0.717) is 18.2 Å². The zero-order chi connectivity index (χ0) is 21.5. The van der Waals surface area contributed by atoms with Gasteiger partial charge in [0.15, 0.2) is 11.0 Å². The molecule has 0 atom stereocenters. The first-order chi connectivity index (χ1) is 15.3. The normalized spacial score (nSPS) is 14.2. The van der Waals surface area contributed by atoms with Crippen molar-refractivity contribution < 1.29 is 4.74 Å². The molecule has 160 valence electrons. The van der Waals surface area contributed by atoms with Crippen LogP contribution in [0, 0.1) is 11.3 Å². The summed E-state index contributed by atoms with van der Waals surface area (Å²) < 4.78 is 7.66. The van der Waals surface area contributed by atoms with Crippen molar-refractivity contribution in [2.75, 3.05) is 12.4 Å². The fourth-order valence-corrected chi connectivity index (χ4v) is 4.99. The van der Waals surface area contributed by atoms with Crippen molar-refractivity contribution in [1.29, 1.82) is 5.26 Å². The van der Waals surface area contributed by atoms with Crippen molar-refractivity contribution >= 4 is 17.4 Å². The fourth-order valence-electron chi connectivity index (χ4n) is 4.03. The van der Waals surface area contributed by atoms with Gasteiger partial charge in [-0.2, -0.15) is 5.26 Å². The number of hydrogen-bond donors (Lipinski definition) is 1. The lowest BCUT2D eigenvalue weighted by Gasteiger charge is -2.25. The van der Waals surface area contributed by atoms with Crippen LogP contribution in [-0.2, 0) is 12.3 Å². The first-order valence-corrected chi connectivity index (χ1v) is 11.7. The van der Waals surface area contributed by atoms with Crippen LogP contribution in [0.1, 0.15) is 55.1 Å². The van der Waals surface area contributed by atoms with Gasteiger partial charge in [0.2, 0.25) is 0 Å². The highest BCUT2D eigenvalue weighted by molar-refractivity contribution is 7.98. The molecule has 4 rings (SSSR count). The number of rotatable bonds is 8. The third kappa shape index (κ3) is 5.39. The van der Waals surface area contributed by atoms with Crippen LogP contribution in [0.2, 0.25) is 0 Å². The van der Waals surface area contributed by atoms with Gasteiger partial charge in [-0.3, -0.25) is 0 Å². The van der Waals surface area contributed by atoms with Gasteiger partial charge in [-0.05, 0) is 42.7 Å². The number of thioether (sulfide) groups is 1. The summed E-state index contributed by atoms with van der Waals surface area (Å²) in [6.45, 7) is 0.612. The van der Waals surface area contributed by atoms with Gasteiger partial charge in [0.25, 0.3) is 0 Å². The van der Waals surface area contributed by atoms with Crippen molar-refractivity contribution in [3.63, 3.8) is 0 Å². The highest BCUT2D eigenvalue weighted by atomic mass is 32.2. The number of ether oxygens (including phenoxy) is 1. The second-order valence-electron chi connectivity index (χ2n) is 7.75. The molecule has 1 aromatic heterocycles. The van der Waals surface area contributed by atoms with Gasteiger partial charge in [0.1, 0.15) is 5.75 Å². The van der Waals surface area contributed by atoms with Gasteiger partial charge in [0, 0.05) is 23.5 Å². The number of nitrogens with zero attached hydrogens (tertiary/aromatic N) is 4. The van der Waals surface area contributed by atoms with E-state index in [4.69, 9.17) is 10.00 Å². The molecule has 1 heterocycles. The molecule has 0 unspecified atom stereocenters. The minimum atomic E-state index is 0.443. The Bertz CT molecular complexity index is 1050. The second kappa shape index (κ2) is 10.4. The van der Waals surface area contributed by atoms with Crippen LogP contribution in [0.4, 0.5) is 5.69 Å². The Kier molecular flexibility index (Phi) is 7.11.